The molecule has 2 heterocycles. The van der Waals surface area contributed by atoms with Gasteiger partial charge in [-0.1, -0.05) is 42.5 Å². The average molecular weight is 404 g/mol. The van der Waals surface area contributed by atoms with E-state index in [2.05, 4.69) is 36.2 Å². The lowest BCUT2D eigenvalue weighted by Gasteiger charge is -2.37. The summed E-state index contributed by atoms with van der Waals surface area (Å²) in [5.41, 5.74) is 2.26. The van der Waals surface area contributed by atoms with Crippen LogP contribution in [0.15, 0.2) is 65.6 Å². The number of nitrogens with zero attached hydrogens (tertiary/aromatic N) is 3. The molecule has 1 amide bonds. The van der Waals surface area contributed by atoms with Gasteiger partial charge in [0, 0.05) is 44.3 Å². The molecule has 0 N–H and O–H groups in total. The molecule has 1 aromatic heterocycles. The predicted molar refractivity (Wildman–Crippen MR) is 121 cm³/mol. The maximum absolute atomic E-state index is 13.3. The highest BCUT2D eigenvalue weighted by Crippen LogP contribution is 2.18. The number of para-hydroxylation sites is 1. The third-order valence-electron chi connectivity index (χ3n) is 6.23. The predicted octanol–water partition coefficient (Wildman–Crippen LogP) is 3.32. The van der Waals surface area contributed by atoms with E-state index in [-0.39, 0.29) is 16.9 Å². The highest BCUT2D eigenvalue weighted by molar-refractivity contribution is 5.97. The Morgan fingerprint density at radius 3 is 2.63 bits per heavy atom. The fourth-order valence-corrected chi connectivity index (χ4v) is 4.39. The van der Waals surface area contributed by atoms with Crippen molar-refractivity contribution in [2.45, 2.75) is 25.3 Å². The van der Waals surface area contributed by atoms with E-state index in [0.717, 1.165) is 31.3 Å². The van der Waals surface area contributed by atoms with Crippen LogP contribution in [0.5, 0.6) is 0 Å². The van der Waals surface area contributed by atoms with E-state index >= 15 is 0 Å². The van der Waals surface area contributed by atoms with Crippen molar-refractivity contribution >= 4 is 16.8 Å². The Morgan fingerprint density at radius 2 is 1.83 bits per heavy atom. The lowest BCUT2D eigenvalue weighted by Crippen LogP contribution is -2.49. The summed E-state index contributed by atoms with van der Waals surface area (Å²) in [6.45, 7) is 2.33. The Morgan fingerprint density at radius 1 is 1.10 bits per heavy atom. The van der Waals surface area contributed by atoms with Gasteiger partial charge in [0.25, 0.3) is 5.91 Å². The molecular weight excluding hydrogens is 374 g/mol. The summed E-state index contributed by atoms with van der Waals surface area (Å²) < 4.78 is 1.87. The number of hydrogen-bond donors (Lipinski definition) is 0. The van der Waals surface area contributed by atoms with E-state index in [9.17, 15) is 9.59 Å². The van der Waals surface area contributed by atoms with Gasteiger partial charge in [-0.3, -0.25) is 9.59 Å². The highest BCUT2D eigenvalue weighted by atomic mass is 16.2. The van der Waals surface area contributed by atoms with Crippen molar-refractivity contribution in [3.63, 3.8) is 0 Å². The van der Waals surface area contributed by atoms with E-state index in [0.29, 0.717) is 24.5 Å². The monoisotopic (exact) mass is 403 g/mol. The second-order valence-corrected chi connectivity index (χ2v) is 8.26. The quantitative estimate of drug-likeness (QED) is 0.657. The van der Waals surface area contributed by atoms with Gasteiger partial charge in [-0.2, -0.15) is 0 Å². The van der Waals surface area contributed by atoms with E-state index in [1.807, 2.05) is 40.8 Å². The zero-order valence-corrected chi connectivity index (χ0v) is 17.8. The third-order valence-corrected chi connectivity index (χ3v) is 6.23. The van der Waals surface area contributed by atoms with Crippen LogP contribution in [0.3, 0.4) is 0 Å². The van der Waals surface area contributed by atoms with Gasteiger partial charge in [0.2, 0.25) is 5.43 Å². The molecule has 156 valence electrons. The summed E-state index contributed by atoms with van der Waals surface area (Å²) in [4.78, 5) is 30.4. The number of piperidine rings is 1. The lowest BCUT2D eigenvalue weighted by molar-refractivity contribution is 0.0610. The Balaban J connectivity index is 1.48. The Labute approximate surface area is 177 Å². The topological polar surface area (TPSA) is 45.5 Å². The van der Waals surface area contributed by atoms with E-state index in [4.69, 9.17) is 0 Å². The molecule has 1 saturated heterocycles. The fourth-order valence-electron chi connectivity index (χ4n) is 4.39. The Kier molecular flexibility index (Phi) is 6.00. The number of pyridine rings is 1. The van der Waals surface area contributed by atoms with E-state index < -0.39 is 0 Å². The maximum atomic E-state index is 13.3. The molecule has 0 saturated carbocycles. The van der Waals surface area contributed by atoms with Gasteiger partial charge in [-0.05, 0) is 44.0 Å². The number of aromatic nitrogens is 1. The van der Waals surface area contributed by atoms with Crippen molar-refractivity contribution in [2.75, 3.05) is 26.7 Å². The normalized spacial score (nSPS) is 16.9. The second kappa shape index (κ2) is 8.84. The molecule has 3 aromatic rings. The summed E-state index contributed by atoms with van der Waals surface area (Å²) >= 11 is 0. The SMILES string of the molecule is CN(CCc1ccccc1)[C@@H]1CCCN(C(=O)c2cn(C)c3ccccc3c2=O)C1. The van der Waals surface area contributed by atoms with Crippen LogP contribution in [0, 0.1) is 0 Å². The van der Waals surface area contributed by atoms with Crippen molar-refractivity contribution in [1.29, 1.82) is 0 Å². The molecule has 0 aliphatic carbocycles. The number of carbonyl (C=O) groups excluding carboxylic acids is 1. The fraction of sp³-hybridized carbons (Fsp3) is 0.360. The molecule has 1 aliphatic rings. The van der Waals surface area contributed by atoms with Gasteiger partial charge in [0.05, 0.1) is 5.52 Å². The summed E-state index contributed by atoms with van der Waals surface area (Å²) in [6, 6.07) is 18.3. The molecule has 4 rings (SSSR count). The standard InChI is InChI=1S/C25H29N3O2/c1-26(16-14-19-9-4-3-5-10-19)20-11-8-15-28(17-20)25(30)22-18-27(2)23-13-7-6-12-21(23)24(22)29/h3-7,9-10,12-13,18,20H,8,11,14-17H2,1-2H3/t20-/m1/s1. The number of benzene rings is 2. The van der Waals surface area contributed by atoms with E-state index in [1.54, 1.807) is 12.3 Å². The molecule has 0 unspecified atom stereocenters. The molecule has 5 nitrogen and oxygen atoms in total. The molecule has 30 heavy (non-hydrogen) atoms. The van der Waals surface area contributed by atoms with Crippen LogP contribution in [0.2, 0.25) is 0 Å². The smallest absolute Gasteiger partial charge is 0.259 e. The second-order valence-electron chi connectivity index (χ2n) is 8.26. The van der Waals surface area contributed by atoms with E-state index in [1.165, 1.54) is 5.56 Å². The minimum Gasteiger partial charge on any atom is -0.350 e. The number of amides is 1. The van der Waals surface area contributed by atoms with Crippen LogP contribution < -0.4 is 5.43 Å². The summed E-state index contributed by atoms with van der Waals surface area (Å²) in [5, 5.41) is 0.597. The van der Waals surface area contributed by atoms with Crippen molar-refractivity contribution in [3.8, 4) is 0 Å². The van der Waals surface area contributed by atoms with Gasteiger partial charge in [0.1, 0.15) is 5.56 Å². The van der Waals surface area contributed by atoms with Gasteiger partial charge in [-0.15, -0.1) is 0 Å². The van der Waals surface area contributed by atoms with Crippen molar-refractivity contribution in [3.05, 3.63) is 82.1 Å². The first kappa shape index (κ1) is 20.4. The number of carbonyl (C=O) groups is 1. The van der Waals surface area contributed by atoms with Crippen LogP contribution in [-0.2, 0) is 13.5 Å². The highest BCUT2D eigenvalue weighted by Gasteiger charge is 2.28. The first-order valence-electron chi connectivity index (χ1n) is 10.7. The zero-order valence-electron chi connectivity index (χ0n) is 17.8. The molecule has 0 spiro atoms. The molecule has 0 radical (unpaired) electrons. The van der Waals surface area contributed by atoms with Crippen LogP contribution in [0.25, 0.3) is 10.9 Å². The lowest BCUT2D eigenvalue weighted by atomic mass is 10.0. The molecular formula is C25H29N3O2. The van der Waals surface area contributed by atoms with Crippen LogP contribution in [0.1, 0.15) is 28.8 Å². The Hall–Kier alpha value is -2.92. The van der Waals surface area contributed by atoms with Crippen molar-refractivity contribution in [2.24, 2.45) is 7.05 Å². The number of fused-ring (bicyclic) bond motifs is 1. The zero-order chi connectivity index (χ0) is 21.1. The summed E-state index contributed by atoms with van der Waals surface area (Å²) in [7, 11) is 4.02. The largest absolute Gasteiger partial charge is 0.350 e. The number of rotatable bonds is 5. The molecule has 2 aromatic carbocycles. The molecule has 5 heteroatoms. The van der Waals surface area contributed by atoms with Crippen LogP contribution in [-0.4, -0.2) is 53.0 Å². The third kappa shape index (κ3) is 4.17. The molecule has 0 bridgehead atoms. The van der Waals surface area contributed by atoms with Crippen LogP contribution in [0.4, 0.5) is 0 Å². The number of likely N-dealkylation sites (tertiary alicyclic amines) is 1. The van der Waals surface area contributed by atoms with Crippen LogP contribution >= 0.6 is 0 Å². The van der Waals surface area contributed by atoms with Crippen molar-refractivity contribution in [1.82, 2.24) is 14.4 Å². The minimum atomic E-state index is -0.173. The number of hydrogen-bond acceptors (Lipinski definition) is 3. The molecule has 1 fully saturated rings. The summed E-state index contributed by atoms with van der Waals surface area (Å²) in [6.07, 6.45) is 4.72. The van der Waals surface area contributed by atoms with Gasteiger partial charge in [-0.25, -0.2) is 0 Å². The minimum absolute atomic E-state index is 0.150. The van der Waals surface area contributed by atoms with Gasteiger partial charge in [0.15, 0.2) is 0 Å². The Bertz CT molecular complexity index is 1090. The van der Waals surface area contributed by atoms with Gasteiger partial charge >= 0.3 is 0 Å². The molecule has 1 atom stereocenters. The average Bonchev–Trinajstić information content (AvgIpc) is 2.80. The first-order valence-corrected chi connectivity index (χ1v) is 10.7. The first-order chi connectivity index (χ1) is 14.5. The molecule has 1 aliphatic heterocycles. The maximum Gasteiger partial charge on any atom is 0.259 e. The summed E-state index contributed by atoms with van der Waals surface area (Å²) in [5.74, 6) is -0.150. The van der Waals surface area contributed by atoms with Gasteiger partial charge < -0.3 is 14.4 Å². The number of aryl methyl sites for hydroxylation is 1. The number of likely N-dealkylation sites (N-methyl/N-ethyl adjacent to an activating group) is 1. The van der Waals surface area contributed by atoms with Crippen molar-refractivity contribution < 1.29 is 4.79 Å².